The second-order valence-electron chi connectivity index (χ2n) is 2.79. The van der Waals surface area contributed by atoms with Crippen molar-refractivity contribution in [2.24, 2.45) is 5.10 Å². The lowest BCUT2D eigenvalue weighted by Crippen LogP contribution is -1.98. The molecule has 0 aliphatic rings. The number of nitro benzene ring substituents is 1. The van der Waals surface area contributed by atoms with Gasteiger partial charge in [0.25, 0.3) is 5.69 Å². The summed E-state index contributed by atoms with van der Waals surface area (Å²) in [5.41, 5.74) is 3.24. The van der Waals surface area contributed by atoms with Gasteiger partial charge in [-0.05, 0) is 13.0 Å². The standard InChI is InChI=1S/C9H9N3O3/c1-7(6-13)10-11-8-3-2-4-9(5-8)12(14)15/h2-6,11H,1H3/b10-7+. The number of aldehydes is 1. The number of nitro groups is 1. The van der Waals surface area contributed by atoms with Crippen LogP contribution in [0.4, 0.5) is 11.4 Å². The Hall–Kier alpha value is -2.24. The molecule has 1 aromatic carbocycles. The maximum Gasteiger partial charge on any atom is 0.271 e. The van der Waals surface area contributed by atoms with Crippen molar-refractivity contribution in [3.8, 4) is 0 Å². The fourth-order valence-electron chi connectivity index (χ4n) is 0.868. The van der Waals surface area contributed by atoms with Gasteiger partial charge in [0.15, 0.2) is 6.29 Å². The summed E-state index contributed by atoms with van der Waals surface area (Å²) in [5, 5.41) is 14.1. The number of rotatable bonds is 4. The quantitative estimate of drug-likeness (QED) is 0.351. The molecule has 0 radical (unpaired) electrons. The average Bonchev–Trinajstić information content (AvgIpc) is 2.26. The molecule has 78 valence electrons. The fraction of sp³-hybridized carbons (Fsp3) is 0.111. The monoisotopic (exact) mass is 207 g/mol. The van der Waals surface area contributed by atoms with Crippen LogP contribution >= 0.6 is 0 Å². The molecule has 15 heavy (non-hydrogen) atoms. The zero-order chi connectivity index (χ0) is 11.3. The molecule has 1 rings (SSSR count). The first-order valence-electron chi connectivity index (χ1n) is 4.13. The molecule has 0 spiro atoms. The van der Waals surface area contributed by atoms with E-state index in [1.807, 2.05) is 0 Å². The van der Waals surface area contributed by atoms with E-state index in [0.717, 1.165) is 0 Å². The highest BCUT2D eigenvalue weighted by Crippen LogP contribution is 2.16. The van der Waals surface area contributed by atoms with Crippen LogP contribution in [0.5, 0.6) is 0 Å². The number of nitrogens with zero attached hydrogens (tertiary/aromatic N) is 2. The lowest BCUT2D eigenvalue weighted by atomic mass is 10.3. The van der Waals surface area contributed by atoms with E-state index in [1.54, 1.807) is 6.07 Å². The molecule has 0 saturated heterocycles. The second kappa shape index (κ2) is 4.85. The second-order valence-corrected chi connectivity index (χ2v) is 2.79. The number of benzene rings is 1. The van der Waals surface area contributed by atoms with E-state index >= 15 is 0 Å². The fourth-order valence-corrected chi connectivity index (χ4v) is 0.868. The van der Waals surface area contributed by atoms with Crippen molar-refractivity contribution in [1.82, 2.24) is 0 Å². The summed E-state index contributed by atoms with van der Waals surface area (Å²) in [6.45, 7) is 1.53. The van der Waals surface area contributed by atoms with Gasteiger partial charge in [-0.2, -0.15) is 5.10 Å². The number of anilines is 1. The van der Waals surface area contributed by atoms with Gasteiger partial charge in [0.1, 0.15) is 0 Å². The van der Waals surface area contributed by atoms with Crippen molar-refractivity contribution in [3.63, 3.8) is 0 Å². The molecular formula is C9H9N3O3. The van der Waals surface area contributed by atoms with Crippen LogP contribution in [-0.2, 0) is 4.79 Å². The minimum absolute atomic E-state index is 0.0287. The van der Waals surface area contributed by atoms with Crippen molar-refractivity contribution in [2.45, 2.75) is 6.92 Å². The smallest absolute Gasteiger partial charge is 0.271 e. The molecule has 0 aliphatic carbocycles. The molecular weight excluding hydrogens is 198 g/mol. The molecule has 0 atom stereocenters. The van der Waals surface area contributed by atoms with Gasteiger partial charge in [0, 0.05) is 12.1 Å². The van der Waals surface area contributed by atoms with Gasteiger partial charge in [0.2, 0.25) is 0 Å². The lowest BCUT2D eigenvalue weighted by molar-refractivity contribution is -0.384. The number of hydrazone groups is 1. The third-order valence-electron chi connectivity index (χ3n) is 1.59. The predicted molar refractivity (Wildman–Crippen MR) is 55.9 cm³/mol. The van der Waals surface area contributed by atoms with Crippen molar-refractivity contribution in [1.29, 1.82) is 0 Å². The molecule has 0 heterocycles. The van der Waals surface area contributed by atoms with Crippen LogP contribution in [0.25, 0.3) is 0 Å². The van der Waals surface area contributed by atoms with Gasteiger partial charge < -0.3 is 0 Å². The summed E-state index contributed by atoms with van der Waals surface area (Å²) in [5.74, 6) is 0. The van der Waals surface area contributed by atoms with Gasteiger partial charge in [0.05, 0.1) is 16.3 Å². The van der Waals surface area contributed by atoms with Crippen molar-refractivity contribution >= 4 is 23.4 Å². The van der Waals surface area contributed by atoms with E-state index in [-0.39, 0.29) is 11.4 Å². The molecule has 0 bridgehead atoms. The Morgan fingerprint density at radius 3 is 2.93 bits per heavy atom. The number of hydrogen-bond acceptors (Lipinski definition) is 5. The van der Waals surface area contributed by atoms with Crippen LogP contribution in [0.1, 0.15) is 6.92 Å². The van der Waals surface area contributed by atoms with Crippen LogP contribution in [-0.4, -0.2) is 16.9 Å². The Balaban J connectivity index is 2.82. The Bertz CT molecular complexity index is 415. The first kappa shape index (κ1) is 10.8. The van der Waals surface area contributed by atoms with Gasteiger partial charge in [-0.25, -0.2) is 0 Å². The maximum atomic E-state index is 10.4. The van der Waals surface area contributed by atoms with Crippen molar-refractivity contribution < 1.29 is 9.72 Å². The Labute approximate surface area is 85.8 Å². The minimum atomic E-state index is -0.499. The van der Waals surface area contributed by atoms with E-state index in [9.17, 15) is 14.9 Å². The predicted octanol–water partition coefficient (Wildman–Crippen LogP) is 1.58. The molecule has 0 aromatic heterocycles. The first-order valence-corrected chi connectivity index (χ1v) is 4.13. The molecule has 0 unspecified atom stereocenters. The highest BCUT2D eigenvalue weighted by Gasteiger charge is 2.04. The zero-order valence-electron chi connectivity index (χ0n) is 8.01. The largest absolute Gasteiger partial charge is 0.296 e. The number of nitrogens with one attached hydrogen (secondary N) is 1. The Morgan fingerprint density at radius 1 is 1.60 bits per heavy atom. The third-order valence-corrected chi connectivity index (χ3v) is 1.59. The molecule has 0 fully saturated rings. The topological polar surface area (TPSA) is 84.6 Å². The lowest BCUT2D eigenvalue weighted by Gasteiger charge is -1.99. The van der Waals surface area contributed by atoms with Gasteiger partial charge in [-0.3, -0.25) is 20.3 Å². The molecule has 6 nitrogen and oxygen atoms in total. The van der Waals surface area contributed by atoms with E-state index in [4.69, 9.17) is 0 Å². The molecule has 1 N–H and O–H groups in total. The molecule has 0 saturated carbocycles. The summed E-state index contributed by atoms with van der Waals surface area (Å²) in [6.07, 6.45) is 0.588. The van der Waals surface area contributed by atoms with E-state index < -0.39 is 4.92 Å². The molecule has 0 amide bonds. The Morgan fingerprint density at radius 2 is 2.33 bits per heavy atom. The molecule has 1 aromatic rings. The SMILES string of the molecule is C/C(C=O)=N\Nc1cccc([N+](=O)[O-])c1. The summed E-state index contributed by atoms with van der Waals surface area (Å²) < 4.78 is 0. The normalized spacial score (nSPS) is 10.9. The minimum Gasteiger partial charge on any atom is -0.296 e. The molecule has 6 heteroatoms. The van der Waals surface area contributed by atoms with Crippen LogP contribution in [0, 0.1) is 10.1 Å². The number of non-ortho nitro benzene ring substituents is 1. The third kappa shape index (κ3) is 3.18. The van der Waals surface area contributed by atoms with Crippen LogP contribution in [0.3, 0.4) is 0 Å². The summed E-state index contributed by atoms with van der Waals surface area (Å²) in [6, 6.07) is 5.86. The van der Waals surface area contributed by atoms with Gasteiger partial charge in [-0.15, -0.1) is 0 Å². The summed E-state index contributed by atoms with van der Waals surface area (Å²) in [7, 11) is 0. The van der Waals surface area contributed by atoms with Crippen LogP contribution < -0.4 is 5.43 Å². The van der Waals surface area contributed by atoms with Crippen molar-refractivity contribution in [3.05, 3.63) is 34.4 Å². The first-order chi connectivity index (χ1) is 7.13. The summed E-state index contributed by atoms with van der Waals surface area (Å²) in [4.78, 5) is 20.2. The zero-order valence-corrected chi connectivity index (χ0v) is 8.01. The number of carbonyl (C=O) groups is 1. The van der Waals surface area contributed by atoms with Crippen LogP contribution in [0.2, 0.25) is 0 Å². The maximum absolute atomic E-state index is 10.4. The number of hydrogen-bond donors (Lipinski definition) is 1. The average molecular weight is 207 g/mol. The van der Waals surface area contributed by atoms with E-state index in [0.29, 0.717) is 12.0 Å². The van der Waals surface area contributed by atoms with Gasteiger partial charge in [-0.1, -0.05) is 6.07 Å². The summed E-state index contributed by atoms with van der Waals surface area (Å²) >= 11 is 0. The Kier molecular flexibility index (Phi) is 3.50. The van der Waals surface area contributed by atoms with Gasteiger partial charge >= 0.3 is 0 Å². The van der Waals surface area contributed by atoms with E-state index in [2.05, 4.69) is 10.5 Å². The van der Waals surface area contributed by atoms with Crippen LogP contribution in [0.15, 0.2) is 29.4 Å². The molecule has 0 aliphatic heterocycles. The van der Waals surface area contributed by atoms with Crippen molar-refractivity contribution in [2.75, 3.05) is 5.43 Å². The number of carbonyl (C=O) groups excluding carboxylic acids is 1. The highest BCUT2D eigenvalue weighted by atomic mass is 16.6. The highest BCUT2D eigenvalue weighted by molar-refractivity contribution is 6.27. The van der Waals surface area contributed by atoms with E-state index in [1.165, 1.54) is 25.1 Å².